The van der Waals surface area contributed by atoms with Crippen molar-refractivity contribution in [3.63, 3.8) is 0 Å². The third kappa shape index (κ3) is 6.44. The third-order valence-corrected chi connectivity index (χ3v) is 5.24. The lowest BCUT2D eigenvalue weighted by atomic mass is 10.1. The summed E-state index contributed by atoms with van der Waals surface area (Å²) in [6.45, 7) is 1.22. The van der Waals surface area contributed by atoms with Gasteiger partial charge < -0.3 is 15.1 Å². The van der Waals surface area contributed by atoms with Crippen LogP contribution in [0.15, 0.2) is 71.3 Å². The lowest BCUT2D eigenvalue weighted by Gasteiger charge is -2.21. The van der Waals surface area contributed by atoms with E-state index in [1.165, 1.54) is 0 Å². The summed E-state index contributed by atoms with van der Waals surface area (Å²) in [7, 11) is 0. The second-order valence-electron chi connectivity index (χ2n) is 7.72. The predicted octanol–water partition coefficient (Wildman–Crippen LogP) is 4.47. The molecule has 2 amide bonds. The van der Waals surface area contributed by atoms with E-state index in [2.05, 4.69) is 10.6 Å². The zero-order chi connectivity index (χ0) is 21.6. The fourth-order valence-electron chi connectivity index (χ4n) is 3.24. The third-order valence-electron chi connectivity index (χ3n) is 4.99. The smallest absolute Gasteiger partial charge is 0.251 e. The molecule has 0 atom stereocenters. The first-order chi connectivity index (χ1) is 15.0. The number of furan rings is 1. The Kier molecular flexibility index (Phi) is 6.70. The molecule has 6 nitrogen and oxygen atoms in total. The van der Waals surface area contributed by atoms with Crippen LogP contribution in [0.4, 0.5) is 5.69 Å². The molecular formula is C24H24ClN3O3. The highest BCUT2D eigenvalue weighted by atomic mass is 35.5. The Hall–Kier alpha value is -3.09. The average Bonchev–Trinajstić information content (AvgIpc) is 3.42. The van der Waals surface area contributed by atoms with Crippen LogP contribution in [0, 0.1) is 0 Å². The molecule has 0 saturated heterocycles. The Morgan fingerprint density at radius 3 is 2.39 bits per heavy atom. The van der Waals surface area contributed by atoms with E-state index in [1.807, 2.05) is 41.3 Å². The van der Waals surface area contributed by atoms with Gasteiger partial charge in [0.05, 0.1) is 19.4 Å². The Morgan fingerprint density at radius 2 is 1.74 bits per heavy atom. The van der Waals surface area contributed by atoms with Gasteiger partial charge in [-0.1, -0.05) is 23.7 Å². The normalized spacial score (nSPS) is 13.2. The van der Waals surface area contributed by atoms with Crippen LogP contribution in [-0.4, -0.2) is 29.3 Å². The van der Waals surface area contributed by atoms with E-state index in [4.69, 9.17) is 16.0 Å². The molecule has 160 valence electrons. The number of hydrogen-bond donors (Lipinski definition) is 2. The average molecular weight is 438 g/mol. The molecule has 31 heavy (non-hydrogen) atoms. The van der Waals surface area contributed by atoms with Crippen LogP contribution in [-0.2, 0) is 17.9 Å². The van der Waals surface area contributed by atoms with E-state index in [9.17, 15) is 9.59 Å². The quantitative estimate of drug-likeness (QED) is 0.518. The molecule has 1 saturated carbocycles. The number of anilines is 1. The summed E-state index contributed by atoms with van der Waals surface area (Å²) >= 11 is 5.90. The van der Waals surface area contributed by atoms with Crippen molar-refractivity contribution in [1.82, 2.24) is 10.2 Å². The van der Waals surface area contributed by atoms with Crippen molar-refractivity contribution < 1.29 is 14.0 Å². The summed E-state index contributed by atoms with van der Waals surface area (Å²) in [5.41, 5.74) is 2.35. The lowest BCUT2D eigenvalue weighted by molar-refractivity contribution is -0.117. The molecule has 2 N–H and O–H groups in total. The molecule has 0 aliphatic heterocycles. The Balaban J connectivity index is 1.39. The topological polar surface area (TPSA) is 74.6 Å². The standard InChI is InChI=1S/C24H24ClN3O3/c25-19-7-9-20(10-8-19)26-23(29)16-28(15-22-2-1-13-31-22)14-17-3-5-18(6-4-17)24(30)27-21-11-12-21/h1-10,13,21H,11-12,14-16H2,(H,26,29)(H,27,30). The molecule has 0 bridgehead atoms. The highest BCUT2D eigenvalue weighted by molar-refractivity contribution is 6.30. The Morgan fingerprint density at radius 1 is 1.00 bits per heavy atom. The van der Waals surface area contributed by atoms with E-state index < -0.39 is 0 Å². The monoisotopic (exact) mass is 437 g/mol. The van der Waals surface area contributed by atoms with Crippen molar-refractivity contribution in [2.45, 2.75) is 32.0 Å². The first-order valence-corrected chi connectivity index (χ1v) is 10.6. The summed E-state index contributed by atoms with van der Waals surface area (Å²) in [6, 6.07) is 18.5. The molecule has 0 radical (unpaired) electrons. The van der Waals surface area contributed by atoms with E-state index >= 15 is 0 Å². The summed E-state index contributed by atoms with van der Waals surface area (Å²) in [5, 5.41) is 6.50. The van der Waals surface area contributed by atoms with E-state index in [0.717, 1.165) is 24.2 Å². The van der Waals surface area contributed by atoms with Crippen LogP contribution in [0.2, 0.25) is 5.02 Å². The number of carbonyl (C=O) groups is 2. The number of halogens is 1. The van der Waals surface area contributed by atoms with Crippen LogP contribution >= 0.6 is 11.6 Å². The van der Waals surface area contributed by atoms with Crippen molar-refractivity contribution in [1.29, 1.82) is 0 Å². The summed E-state index contributed by atoms with van der Waals surface area (Å²) < 4.78 is 5.47. The van der Waals surface area contributed by atoms with E-state index in [-0.39, 0.29) is 18.4 Å². The van der Waals surface area contributed by atoms with Gasteiger partial charge in [0, 0.05) is 28.9 Å². The molecule has 0 spiro atoms. The molecule has 1 fully saturated rings. The van der Waals surface area contributed by atoms with Crippen LogP contribution in [0.5, 0.6) is 0 Å². The summed E-state index contributed by atoms with van der Waals surface area (Å²) in [5.74, 6) is 0.609. The first-order valence-electron chi connectivity index (χ1n) is 10.2. The number of carbonyl (C=O) groups excluding carboxylic acids is 2. The Bertz CT molecular complexity index is 1010. The van der Waals surface area contributed by atoms with E-state index in [1.54, 1.807) is 30.5 Å². The molecule has 1 aliphatic rings. The van der Waals surface area contributed by atoms with Crippen LogP contribution in [0.25, 0.3) is 0 Å². The molecule has 0 unspecified atom stereocenters. The molecule has 1 heterocycles. The van der Waals surface area contributed by atoms with Crippen LogP contribution in [0.1, 0.15) is 34.5 Å². The number of nitrogens with one attached hydrogen (secondary N) is 2. The van der Waals surface area contributed by atoms with Gasteiger partial charge in [0.1, 0.15) is 5.76 Å². The van der Waals surface area contributed by atoms with Crippen molar-refractivity contribution in [2.24, 2.45) is 0 Å². The molecule has 4 rings (SSSR count). The highest BCUT2D eigenvalue weighted by Gasteiger charge is 2.23. The zero-order valence-electron chi connectivity index (χ0n) is 17.0. The largest absolute Gasteiger partial charge is 0.468 e. The number of benzene rings is 2. The van der Waals surface area contributed by atoms with Crippen LogP contribution < -0.4 is 10.6 Å². The molecule has 1 aliphatic carbocycles. The van der Waals surface area contributed by atoms with Crippen molar-refractivity contribution in [3.8, 4) is 0 Å². The van der Waals surface area contributed by atoms with Crippen molar-refractivity contribution in [3.05, 3.63) is 88.8 Å². The maximum atomic E-state index is 12.6. The maximum Gasteiger partial charge on any atom is 0.251 e. The summed E-state index contributed by atoms with van der Waals surface area (Å²) in [4.78, 5) is 26.8. The van der Waals surface area contributed by atoms with Crippen molar-refractivity contribution in [2.75, 3.05) is 11.9 Å². The minimum atomic E-state index is -0.130. The van der Waals surface area contributed by atoms with E-state index in [0.29, 0.717) is 35.4 Å². The van der Waals surface area contributed by atoms with Gasteiger partial charge in [-0.05, 0) is 66.9 Å². The SMILES string of the molecule is O=C(CN(Cc1ccc(C(=O)NC2CC2)cc1)Cc1ccco1)Nc1ccc(Cl)cc1. The van der Waals surface area contributed by atoms with Gasteiger partial charge in [0.15, 0.2) is 0 Å². The number of rotatable bonds is 9. The number of nitrogens with zero attached hydrogens (tertiary/aromatic N) is 1. The second-order valence-corrected chi connectivity index (χ2v) is 8.16. The van der Waals surface area contributed by atoms with Gasteiger partial charge in [-0.25, -0.2) is 0 Å². The Labute approximate surface area is 186 Å². The van der Waals surface area contributed by atoms with Gasteiger partial charge in [-0.3, -0.25) is 14.5 Å². The van der Waals surface area contributed by atoms with Gasteiger partial charge in [-0.15, -0.1) is 0 Å². The zero-order valence-corrected chi connectivity index (χ0v) is 17.8. The first kappa shape index (κ1) is 21.2. The molecular weight excluding hydrogens is 414 g/mol. The minimum absolute atomic E-state index is 0.0381. The fourth-order valence-corrected chi connectivity index (χ4v) is 3.37. The van der Waals surface area contributed by atoms with Crippen molar-refractivity contribution >= 4 is 29.1 Å². The molecule has 7 heteroatoms. The minimum Gasteiger partial charge on any atom is -0.468 e. The number of hydrogen-bond acceptors (Lipinski definition) is 4. The maximum absolute atomic E-state index is 12.6. The highest BCUT2D eigenvalue weighted by Crippen LogP contribution is 2.20. The van der Waals surface area contributed by atoms with Gasteiger partial charge in [0.25, 0.3) is 5.91 Å². The van der Waals surface area contributed by atoms with Gasteiger partial charge in [-0.2, -0.15) is 0 Å². The molecule has 1 aromatic heterocycles. The summed E-state index contributed by atoms with van der Waals surface area (Å²) in [6.07, 6.45) is 3.74. The number of amides is 2. The van der Waals surface area contributed by atoms with Crippen LogP contribution in [0.3, 0.4) is 0 Å². The predicted molar refractivity (Wildman–Crippen MR) is 120 cm³/mol. The lowest BCUT2D eigenvalue weighted by Crippen LogP contribution is -2.32. The molecule has 3 aromatic rings. The fraction of sp³-hybridized carbons (Fsp3) is 0.250. The second kappa shape index (κ2) is 9.81. The van der Waals surface area contributed by atoms with Gasteiger partial charge >= 0.3 is 0 Å². The molecule has 2 aromatic carbocycles. The van der Waals surface area contributed by atoms with Gasteiger partial charge in [0.2, 0.25) is 5.91 Å².